The average molecular weight is 315 g/mol. The van der Waals surface area contributed by atoms with Gasteiger partial charge in [0.2, 0.25) is 0 Å². The minimum absolute atomic E-state index is 0.573. The number of aromatic nitrogens is 1. The third-order valence-corrected chi connectivity index (χ3v) is 4.16. The zero-order valence-electron chi connectivity index (χ0n) is 14.8. The maximum Gasteiger partial charge on any atom is 0.121 e. The van der Waals surface area contributed by atoms with Crippen molar-refractivity contribution in [3.05, 3.63) is 30.5 Å². The van der Waals surface area contributed by atoms with Crippen molar-refractivity contribution in [2.45, 2.75) is 39.7 Å². The fourth-order valence-corrected chi connectivity index (χ4v) is 2.74. The van der Waals surface area contributed by atoms with Gasteiger partial charge >= 0.3 is 0 Å². The van der Waals surface area contributed by atoms with Crippen molar-refractivity contribution in [2.75, 3.05) is 32.1 Å². The third kappa shape index (κ3) is 4.83. The van der Waals surface area contributed by atoms with Gasteiger partial charge in [-0.05, 0) is 38.9 Å². The molecule has 0 aliphatic carbocycles. The molecular weight excluding hydrogens is 286 g/mol. The number of anilines is 1. The van der Waals surface area contributed by atoms with E-state index in [0.717, 1.165) is 42.0 Å². The first-order valence-corrected chi connectivity index (χ1v) is 8.56. The van der Waals surface area contributed by atoms with Crippen LogP contribution in [0.2, 0.25) is 0 Å². The molecule has 0 fully saturated rings. The topological polar surface area (TPSA) is 37.4 Å². The Labute approximate surface area is 139 Å². The highest BCUT2D eigenvalue weighted by Crippen LogP contribution is 2.27. The Morgan fingerprint density at radius 1 is 1.26 bits per heavy atom. The van der Waals surface area contributed by atoms with E-state index >= 15 is 0 Å². The highest BCUT2D eigenvalue weighted by atomic mass is 16.5. The molecule has 0 amide bonds. The third-order valence-electron chi connectivity index (χ3n) is 4.16. The summed E-state index contributed by atoms with van der Waals surface area (Å²) in [6.07, 6.45) is 4.32. The molecule has 0 bridgehead atoms. The van der Waals surface area contributed by atoms with E-state index in [-0.39, 0.29) is 0 Å². The van der Waals surface area contributed by atoms with Crippen molar-refractivity contribution in [2.24, 2.45) is 0 Å². The van der Waals surface area contributed by atoms with Gasteiger partial charge in [-0.25, -0.2) is 0 Å². The summed E-state index contributed by atoms with van der Waals surface area (Å²) in [4.78, 5) is 7.03. The summed E-state index contributed by atoms with van der Waals surface area (Å²) in [6.45, 7) is 9.86. The molecule has 23 heavy (non-hydrogen) atoms. The predicted octanol–water partition coefficient (Wildman–Crippen LogP) is 4.17. The monoisotopic (exact) mass is 315 g/mol. The number of methoxy groups -OCH3 is 1. The molecule has 2 rings (SSSR count). The van der Waals surface area contributed by atoms with Gasteiger partial charge in [-0.2, -0.15) is 0 Å². The molecule has 2 aromatic rings. The Balaban J connectivity index is 2.06. The molecule has 0 radical (unpaired) electrons. The number of nitrogens with zero attached hydrogens (tertiary/aromatic N) is 2. The molecule has 1 aromatic heterocycles. The van der Waals surface area contributed by atoms with Crippen LogP contribution in [0.3, 0.4) is 0 Å². The summed E-state index contributed by atoms with van der Waals surface area (Å²) in [7, 11) is 1.70. The van der Waals surface area contributed by atoms with Crippen LogP contribution in [0.5, 0.6) is 5.75 Å². The quantitative estimate of drug-likeness (QED) is 0.754. The molecule has 126 valence electrons. The number of fused-ring (bicyclic) bond motifs is 1. The van der Waals surface area contributed by atoms with Gasteiger partial charge in [-0.1, -0.05) is 19.4 Å². The van der Waals surface area contributed by atoms with Crippen molar-refractivity contribution in [1.82, 2.24) is 9.88 Å². The molecule has 0 atom stereocenters. The van der Waals surface area contributed by atoms with Gasteiger partial charge in [-0.15, -0.1) is 0 Å². The van der Waals surface area contributed by atoms with Crippen LogP contribution >= 0.6 is 0 Å². The van der Waals surface area contributed by atoms with Crippen LogP contribution in [0.25, 0.3) is 10.9 Å². The molecule has 0 spiro atoms. The second-order valence-electron chi connectivity index (χ2n) is 6.16. The summed E-state index contributed by atoms with van der Waals surface area (Å²) in [5, 5.41) is 4.64. The summed E-state index contributed by atoms with van der Waals surface area (Å²) < 4.78 is 5.40. The Morgan fingerprint density at radius 3 is 2.78 bits per heavy atom. The Morgan fingerprint density at radius 2 is 2.09 bits per heavy atom. The average Bonchev–Trinajstić information content (AvgIpc) is 2.57. The molecule has 0 saturated carbocycles. The highest BCUT2D eigenvalue weighted by molar-refractivity contribution is 5.91. The number of rotatable bonds is 9. The van der Waals surface area contributed by atoms with Crippen LogP contribution in [0, 0.1) is 0 Å². The van der Waals surface area contributed by atoms with Gasteiger partial charge in [0.15, 0.2) is 0 Å². The van der Waals surface area contributed by atoms with E-state index in [4.69, 9.17) is 4.74 Å². The van der Waals surface area contributed by atoms with Gasteiger partial charge < -0.3 is 10.1 Å². The molecule has 0 aliphatic heterocycles. The Kier molecular flexibility index (Phi) is 6.66. The molecule has 0 aliphatic rings. The summed E-state index contributed by atoms with van der Waals surface area (Å²) in [5.74, 6) is 0.861. The molecule has 0 saturated heterocycles. The molecule has 1 N–H and O–H groups in total. The van der Waals surface area contributed by atoms with Crippen LogP contribution in [-0.4, -0.2) is 42.7 Å². The zero-order chi connectivity index (χ0) is 16.7. The van der Waals surface area contributed by atoms with Gasteiger partial charge in [0, 0.05) is 36.8 Å². The number of nitrogens with one attached hydrogen (secondary N) is 1. The van der Waals surface area contributed by atoms with Crippen LogP contribution in [-0.2, 0) is 0 Å². The number of hydrogen-bond acceptors (Lipinski definition) is 4. The van der Waals surface area contributed by atoms with Crippen molar-refractivity contribution in [3.63, 3.8) is 0 Å². The van der Waals surface area contributed by atoms with Gasteiger partial charge in [-0.3, -0.25) is 9.88 Å². The number of unbranched alkanes of at least 4 members (excludes halogenated alkanes) is 1. The summed E-state index contributed by atoms with van der Waals surface area (Å²) in [6, 6.07) is 8.65. The Bertz CT molecular complexity index is 613. The van der Waals surface area contributed by atoms with Crippen molar-refractivity contribution < 1.29 is 4.74 Å². The molecule has 4 heteroatoms. The molecule has 4 nitrogen and oxygen atoms in total. The first-order chi connectivity index (χ1) is 11.2. The zero-order valence-corrected chi connectivity index (χ0v) is 14.8. The molecule has 1 heterocycles. The van der Waals surface area contributed by atoms with Crippen molar-refractivity contribution in [3.8, 4) is 5.75 Å². The van der Waals surface area contributed by atoms with Crippen LogP contribution in [0.4, 0.5) is 5.69 Å². The smallest absolute Gasteiger partial charge is 0.121 e. The van der Waals surface area contributed by atoms with E-state index in [9.17, 15) is 0 Å². The van der Waals surface area contributed by atoms with Gasteiger partial charge in [0.05, 0.1) is 18.3 Å². The maximum atomic E-state index is 5.40. The largest absolute Gasteiger partial charge is 0.497 e. The van der Waals surface area contributed by atoms with E-state index in [1.807, 2.05) is 24.4 Å². The number of hydrogen-bond donors (Lipinski definition) is 1. The number of ether oxygens (including phenoxy) is 1. The van der Waals surface area contributed by atoms with E-state index in [2.05, 4.69) is 42.0 Å². The SMILES string of the molecule is CCCCN(CCNc1cc(OC)cc2cccnc12)C(C)C. The second-order valence-corrected chi connectivity index (χ2v) is 6.16. The lowest BCUT2D eigenvalue weighted by molar-refractivity contribution is 0.227. The fourth-order valence-electron chi connectivity index (χ4n) is 2.74. The van der Waals surface area contributed by atoms with Gasteiger partial charge in [0.1, 0.15) is 5.75 Å². The standard InChI is InChI=1S/C19H29N3O/c1-5-6-11-22(15(2)3)12-10-20-18-14-17(23-4)13-16-8-7-9-21-19(16)18/h7-9,13-15,20H,5-6,10-12H2,1-4H3. The van der Waals surface area contributed by atoms with Crippen LogP contribution in [0.1, 0.15) is 33.6 Å². The molecular formula is C19H29N3O. The predicted molar refractivity (Wildman–Crippen MR) is 98.4 cm³/mol. The fraction of sp³-hybridized carbons (Fsp3) is 0.526. The highest BCUT2D eigenvalue weighted by Gasteiger charge is 2.09. The molecule has 1 aromatic carbocycles. The first kappa shape index (κ1) is 17.5. The lowest BCUT2D eigenvalue weighted by Gasteiger charge is -2.26. The van der Waals surface area contributed by atoms with E-state index in [1.54, 1.807) is 7.11 Å². The number of pyridine rings is 1. The summed E-state index contributed by atoms with van der Waals surface area (Å²) in [5.41, 5.74) is 2.04. The number of benzene rings is 1. The minimum Gasteiger partial charge on any atom is -0.497 e. The first-order valence-electron chi connectivity index (χ1n) is 8.56. The lowest BCUT2D eigenvalue weighted by Crippen LogP contribution is -2.35. The van der Waals surface area contributed by atoms with E-state index in [0.29, 0.717) is 6.04 Å². The van der Waals surface area contributed by atoms with E-state index < -0.39 is 0 Å². The summed E-state index contributed by atoms with van der Waals surface area (Å²) >= 11 is 0. The van der Waals surface area contributed by atoms with Crippen LogP contribution < -0.4 is 10.1 Å². The van der Waals surface area contributed by atoms with E-state index in [1.165, 1.54) is 12.8 Å². The van der Waals surface area contributed by atoms with Crippen molar-refractivity contribution >= 4 is 16.6 Å². The van der Waals surface area contributed by atoms with Gasteiger partial charge in [0.25, 0.3) is 0 Å². The second kappa shape index (κ2) is 8.73. The molecule has 0 unspecified atom stereocenters. The minimum atomic E-state index is 0.573. The Hall–Kier alpha value is -1.81. The van der Waals surface area contributed by atoms with Crippen molar-refractivity contribution in [1.29, 1.82) is 0 Å². The van der Waals surface area contributed by atoms with Crippen LogP contribution in [0.15, 0.2) is 30.5 Å². The lowest BCUT2D eigenvalue weighted by atomic mass is 10.1. The maximum absolute atomic E-state index is 5.40. The normalized spacial score (nSPS) is 11.4.